The molecule has 0 bridgehead atoms. The Morgan fingerprint density at radius 3 is 2.78 bits per heavy atom. The van der Waals surface area contributed by atoms with Crippen molar-refractivity contribution in [1.82, 2.24) is 9.62 Å². The molecule has 0 amide bonds. The standard InChI is InChI=1S/C12H20N2O3S/c1-14(9-12-3-2-8-17-12)18(15,16)10-11-4-6-13-7-5-11/h2-3,8,11,13H,4-7,9-10H2,1H3. The van der Waals surface area contributed by atoms with Gasteiger partial charge in [0, 0.05) is 7.05 Å². The maximum absolute atomic E-state index is 12.2. The lowest BCUT2D eigenvalue weighted by Gasteiger charge is -2.24. The molecule has 0 unspecified atom stereocenters. The van der Waals surface area contributed by atoms with Crippen molar-refractivity contribution < 1.29 is 12.8 Å². The molecule has 1 N–H and O–H groups in total. The molecule has 2 heterocycles. The molecule has 1 saturated heterocycles. The molecule has 1 aromatic rings. The molecule has 1 aromatic heterocycles. The van der Waals surface area contributed by atoms with E-state index in [0.717, 1.165) is 25.9 Å². The van der Waals surface area contributed by atoms with Gasteiger partial charge >= 0.3 is 0 Å². The monoisotopic (exact) mass is 272 g/mol. The van der Waals surface area contributed by atoms with E-state index in [4.69, 9.17) is 4.42 Å². The fraction of sp³-hybridized carbons (Fsp3) is 0.667. The predicted octanol–water partition coefficient (Wildman–Crippen LogP) is 1.04. The van der Waals surface area contributed by atoms with Crippen LogP contribution in [0, 0.1) is 5.92 Å². The minimum absolute atomic E-state index is 0.242. The Labute approximate surface area is 108 Å². The van der Waals surface area contributed by atoms with Crippen LogP contribution in [-0.2, 0) is 16.6 Å². The van der Waals surface area contributed by atoms with Gasteiger partial charge in [0.2, 0.25) is 10.0 Å². The van der Waals surface area contributed by atoms with Crippen LogP contribution >= 0.6 is 0 Å². The number of hydrogen-bond acceptors (Lipinski definition) is 4. The average molecular weight is 272 g/mol. The van der Waals surface area contributed by atoms with Crippen LogP contribution in [0.1, 0.15) is 18.6 Å². The van der Waals surface area contributed by atoms with E-state index in [1.807, 2.05) is 0 Å². The normalized spacial score (nSPS) is 18.3. The molecule has 1 aliphatic rings. The van der Waals surface area contributed by atoms with Gasteiger partial charge in [-0.2, -0.15) is 4.31 Å². The summed E-state index contributed by atoms with van der Waals surface area (Å²) in [4.78, 5) is 0. The van der Waals surface area contributed by atoms with Crippen molar-refractivity contribution in [3.05, 3.63) is 24.2 Å². The van der Waals surface area contributed by atoms with Crippen LogP contribution in [0.15, 0.2) is 22.8 Å². The van der Waals surface area contributed by atoms with Crippen molar-refractivity contribution in [1.29, 1.82) is 0 Å². The van der Waals surface area contributed by atoms with Crippen molar-refractivity contribution in [3.8, 4) is 0 Å². The van der Waals surface area contributed by atoms with Gasteiger partial charge in [-0.25, -0.2) is 8.42 Å². The largest absolute Gasteiger partial charge is 0.468 e. The number of sulfonamides is 1. The second-order valence-electron chi connectivity index (χ2n) is 4.81. The summed E-state index contributed by atoms with van der Waals surface area (Å²) in [5, 5.41) is 3.24. The van der Waals surface area contributed by atoms with Crippen LogP contribution in [0.5, 0.6) is 0 Å². The van der Waals surface area contributed by atoms with E-state index in [0.29, 0.717) is 12.3 Å². The first-order valence-corrected chi connectivity index (χ1v) is 7.86. The van der Waals surface area contributed by atoms with Crippen LogP contribution in [0.3, 0.4) is 0 Å². The molecule has 102 valence electrons. The first kappa shape index (κ1) is 13.6. The van der Waals surface area contributed by atoms with Gasteiger partial charge in [-0.3, -0.25) is 0 Å². The van der Waals surface area contributed by atoms with Gasteiger partial charge in [0.1, 0.15) is 5.76 Å². The highest BCUT2D eigenvalue weighted by Crippen LogP contribution is 2.17. The molecule has 1 aliphatic heterocycles. The Balaban J connectivity index is 1.92. The Morgan fingerprint density at radius 1 is 1.44 bits per heavy atom. The number of hydrogen-bond donors (Lipinski definition) is 1. The molecular formula is C12H20N2O3S. The van der Waals surface area contributed by atoms with Crippen molar-refractivity contribution in [3.63, 3.8) is 0 Å². The summed E-state index contributed by atoms with van der Waals surface area (Å²) in [6.07, 6.45) is 3.43. The van der Waals surface area contributed by atoms with Gasteiger partial charge in [0.15, 0.2) is 0 Å². The number of furan rings is 1. The third-order valence-corrected chi connectivity index (χ3v) is 5.31. The highest BCUT2D eigenvalue weighted by molar-refractivity contribution is 7.89. The van der Waals surface area contributed by atoms with Gasteiger partial charge in [-0.15, -0.1) is 0 Å². The molecular weight excluding hydrogens is 252 g/mol. The number of piperidine rings is 1. The predicted molar refractivity (Wildman–Crippen MR) is 69.6 cm³/mol. The minimum Gasteiger partial charge on any atom is -0.468 e. The molecule has 0 aromatic carbocycles. The summed E-state index contributed by atoms with van der Waals surface area (Å²) in [6, 6.07) is 3.55. The summed E-state index contributed by atoms with van der Waals surface area (Å²) in [5.41, 5.74) is 0. The SMILES string of the molecule is CN(Cc1ccco1)S(=O)(=O)CC1CCNCC1. The quantitative estimate of drug-likeness (QED) is 0.870. The Hall–Kier alpha value is -0.850. The lowest BCUT2D eigenvalue weighted by Crippen LogP contribution is -2.36. The first-order valence-electron chi connectivity index (χ1n) is 6.25. The number of nitrogens with one attached hydrogen (secondary N) is 1. The molecule has 0 saturated carbocycles. The maximum atomic E-state index is 12.2. The molecule has 18 heavy (non-hydrogen) atoms. The van der Waals surface area contributed by atoms with Crippen molar-refractivity contribution in [2.75, 3.05) is 25.9 Å². The van der Waals surface area contributed by atoms with Gasteiger partial charge in [-0.05, 0) is 44.0 Å². The molecule has 5 nitrogen and oxygen atoms in total. The molecule has 1 fully saturated rings. The van der Waals surface area contributed by atoms with Crippen LogP contribution in [0.4, 0.5) is 0 Å². The summed E-state index contributed by atoms with van der Waals surface area (Å²) in [6.45, 7) is 2.14. The maximum Gasteiger partial charge on any atom is 0.214 e. The molecule has 0 aliphatic carbocycles. The second kappa shape index (κ2) is 5.86. The zero-order valence-electron chi connectivity index (χ0n) is 10.6. The van der Waals surface area contributed by atoms with Crippen molar-refractivity contribution in [2.45, 2.75) is 19.4 Å². The highest BCUT2D eigenvalue weighted by Gasteiger charge is 2.25. The zero-order chi connectivity index (χ0) is 13.0. The fourth-order valence-electron chi connectivity index (χ4n) is 2.19. The lowest BCUT2D eigenvalue weighted by molar-refractivity contribution is 0.377. The van der Waals surface area contributed by atoms with Crippen molar-refractivity contribution in [2.24, 2.45) is 5.92 Å². The molecule has 0 spiro atoms. The molecule has 0 radical (unpaired) electrons. The van der Waals surface area contributed by atoms with Gasteiger partial charge in [0.25, 0.3) is 0 Å². The minimum atomic E-state index is -3.19. The molecule has 6 heteroatoms. The lowest BCUT2D eigenvalue weighted by atomic mass is 10.0. The van der Waals surface area contributed by atoms with Crippen LogP contribution in [-0.4, -0.2) is 38.6 Å². The van der Waals surface area contributed by atoms with Crippen molar-refractivity contribution >= 4 is 10.0 Å². The van der Waals surface area contributed by atoms with Crippen LogP contribution in [0.25, 0.3) is 0 Å². The molecule has 2 rings (SSSR count). The third-order valence-electron chi connectivity index (χ3n) is 3.34. The van der Waals surface area contributed by atoms with E-state index >= 15 is 0 Å². The van der Waals surface area contributed by atoms with E-state index in [2.05, 4.69) is 5.32 Å². The summed E-state index contributed by atoms with van der Waals surface area (Å²) >= 11 is 0. The van der Waals surface area contributed by atoms with E-state index in [1.54, 1.807) is 25.4 Å². The van der Waals surface area contributed by atoms with Crippen LogP contribution < -0.4 is 5.32 Å². The Kier molecular flexibility index (Phi) is 4.42. The summed E-state index contributed by atoms with van der Waals surface area (Å²) in [7, 11) is -1.58. The smallest absolute Gasteiger partial charge is 0.214 e. The highest BCUT2D eigenvalue weighted by atomic mass is 32.2. The first-order chi connectivity index (χ1) is 8.58. The zero-order valence-corrected chi connectivity index (χ0v) is 11.4. The second-order valence-corrected chi connectivity index (χ2v) is 6.93. The van der Waals surface area contributed by atoms with E-state index in [1.165, 1.54) is 4.31 Å². The summed E-state index contributed by atoms with van der Waals surface area (Å²) < 4.78 is 30.9. The van der Waals surface area contributed by atoms with E-state index < -0.39 is 10.0 Å². The fourth-order valence-corrected chi connectivity index (χ4v) is 3.70. The molecule has 0 atom stereocenters. The topological polar surface area (TPSA) is 62.6 Å². The number of rotatable bonds is 5. The van der Waals surface area contributed by atoms with Gasteiger partial charge < -0.3 is 9.73 Å². The summed E-state index contributed by atoms with van der Waals surface area (Å²) in [5.74, 6) is 1.19. The Morgan fingerprint density at radius 2 is 2.17 bits per heavy atom. The average Bonchev–Trinajstić information content (AvgIpc) is 2.82. The Bertz CT molecular complexity index is 450. The number of nitrogens with zero attached hydrogens (tertiary/aromatic N) is 1. The van der Waals surface area contributed by atoms with E-state index in [-0.39, 0.29) is 11.7 Å². The van der Waals surface area contributed by atoms with E-state index in [9.17, 15) is 8.42 Å². The van der Waals surface area contributed by atoms with Crippen LogP contribution in [0.2, 0.25) is 0 Å². The third kappa shape index (κ3) is 3.57. The van der Waals surface area contributed by atoms with Gasteiger partial charge in [-0.1, -0.05) is 0 Å². The van der Waals surface area contributed by atoms with Gasteiger partial charge in [0.05, 0.1) is 18.6 Å².